The first-order valence-corrected chi connectivity index (χ1v) is 5.98. The molecule has 0 radical (unpaired) electrons. The summed E-state index contributed by atoms with van der Waals surface area (Å²) in [5.74, 6) is -0.421. The van der Waals surface area contributed by atoms with Crippen molar-refractivity contribution in [2.45, 2.75) is 38.6 Å². The van der Waals surface area contributed by atoms with E-state index in [0.29, 0.717) is 12.1 Å². The molecule has 1 aromatic carbocycles. The zero-order valence-corrected chi connectivity index (χ0v) is 11.5. The highest BCUT2D eigenvalue weighted by Crippen LogP contribution is 2.26. The molecule has 1 atom stereocenters. The second-order valence-electron chi connectivity index (χ2n) is 5.50. The van der Waals surface area contributed by atoms with E-state index < -0.39 is 12.0 Å². The van der Waals surface area contributed by atoms with Crippen LogP contribution in [0.4, 0.5) is 5.69 Å². The number of esters is 1. The van der Waals surface area contributed by atoms with E-state index in [1.54, 1.807) is 0 Å². The molecule has 1 rings (SSSR count). The summed E-state index contributed by atoms with van der Waals surface area (Å²) < 4.78 is 4.62. The minimum absolute atomic E-state index is 0.0395. The molecular formula is C14H22N2O2. The first-order valence-electron chi connectivity index (χ1n) is 5.98. The van der Waals surface area contributed by atoms with Gasteiger partial charge < -0.3 is 16.2 Å². The normalized spacial score (nSPS) is 13.2. The van der Waals surface area contributed by atoms with Crippen LogP contribution in [0.2, 0.25) is 0 Å². The van der Waals surface area contributed by atoms with Crippen LogP contribution < -0.4 is 11.5 Å². The fraction of sp³-hybridized carbons (Fsp3) is 0.500. The van der Waals surface area contributed by atoms with Crippen LogP contribution in [-0.2, 0) is 21.4 Å². The fourth-order valence-corrected chi connectivity index (χ4v) is 1.72. The second-order valence-corrected chi connectivity index (χ2v) is 5.50. The number of anilines is 1. The summed E-state index contributed by atoms with van der Waals surface area (Å²) in [4.78, 5) is 11.3. The summed E-state index contributed by atoms with van der Waals surface area (Å²) in [5.41, 5.74) is 14.4. The molecule has 0 aliphatic carbocycles. The third-order valence-corrected chi connectivity index (χ3v) is 2.95. The van der Waals surface area contributed by atoms with Crippen molar-refractivity contribution in [2.75, 3.05) is 12.8 Å². The van der Waals surface area contributed by atoms with Gasteiger partial charge >= 0.3 is 5.97 Å². The number of nitrogens with two attached hydrogens (primary N) is 2. The maximum atomic E-state index is 11.3. The van der Waals surface area contributed by atoms with Gasteiger partial charge in [0.25, 0.3) is 0 Å². The molecule has 0 aromatic heterocycles. The number of benzene rings is 1. The third-order valence-electron chi connectivity index (χ3n) is 2.95. The Kier molecular flexibility index (Phi) is 4.35. The van der Waals surface area contributed by atoms with Gasteiger partial charge in [0, 0.05) is 12.1 Å². The summed E-state index contributed by atoms with van der Waals surface area (Å²) in [6, 6.07) is 5.20. The zero-order chi connectivity index (χ0) is 13.9. The molecule has 4 N–H and O–H groups in total. The van der Waals surface area contributed by atoms with Crippen molar-refractivity contribution >= 4 is 11.7 Å². The summed E-state index contributed by atoms with van der Waals surface area (Å²) in [7, 11) is 1.33. The average Bonchev–Trinajstić information content (AvgIpc) is 2.29. The second kappa shape index (κ2) is 5.40. The van der Waals surface area contributed by atoms with E-state index in [4.69, 9.17) is 11.5 Å². The first-order chi connectivity index (χ1) is 8.25. The van der Waals surface area contributed by atoms with Gasteiger partial charge in [-0.1, -0.05) is 32.9 Å². The lowest BCUT2D eigenvalue weighted by molar-refractivity contribution is -0.142. The minimum Gasteiger partial charge on any atom is -0.468 e. The van der Waals surface area contributed by atoms with Crippen LogP contribution >= 0.6 is 0 Å². The SMILES string of the molecule is COC(=O)[C@H](N)Cc1cc(C(C)(C)C)ccc1N. The zero-order valence-electron chi connectivity index (χ0n) is 11.5. The number of nitrogen functional groups attached to an aromatic ring is 1. The molecule has 0 unspecified atom stereocenters. The predicted molar refractivity (Wildman–Crippen MR) is 73.2 cm³/mol. The number of carbonyl (C=O) groups is 1. The van der Waals surface area contributed by atoms with Crippen molar-refractivity contribution in [3.05, 3.63) is 29.3 Å². The molecule has 0 aliphatic heterocycles. The van der Waals surface area contributed by atoms with Crippen LogP contribution in [0.15, 0.2) is 18.2 Å². The van der Waals surface area contributed by atoms with E-state index in [9.17, 15) is 4.79 Å². The average molecular weight is 250 g/mol. The molecule has 0 fully saturated rings. The molecule has 0 spiro atoms. The molecule has 4 nitrogen and oxygen atoms in total. The Morgan fingerprint density at radius 1 is 1.39 bits per heavy atom. The lowest BCUT2D eigenvalue weighted by atomic mass is 9.85. The van der Waals surface area contributed by atoms with E-state index in [-0.39, 0.29) is 5.41 Å². The number of carbonyl (C=O) groups excluding carboxylic acids is 1. The van der Waals surface area contributed by atoms with E-state index >= 15 is 0 Å². The maximum absolute atomic E-state index is 11.3. The van der Waals surface area contributed by atoms with E-state index in [2.05, 4.69) is 25.5 Å². The van der Waals surface area contributed by atoms with Crippen LogP contribution in [0.1, 0.15) is 31.9 Å². The van der Waals surface area contributed by atoms with Crippen LogP contribution in [0, 0.1) is 0 Å². The number of methoxy groups -OCH3 is 1. The molecule has 1 aromatic rings. The Bertz CT molecular complexity index is 436. The van der Waals surface area contributed by atoms with Crippen molar-refractivity contribution in [1.82, 2.24) is 0 Å². The summed E-state index contributed by atoms with van der Waals surface area (Å²) in [6.45, 7) is 6.38. The Balaban J connectivity index is 2.98. The molecule has 0 amide bonds. The molecule has 0 saturated heterocycles. The van der Waals surface area contributed by atoms with E-state index in [1.165, 1.54) is 12.7 Å². The molecule has 0 aliphatic rings. The molecule has 100 valence electrons. The lowest BCUT2D eigenvalue weighted by Crippen LogP contribution is -2.34. The molecule has 0 bridgehead atoms. The van der Waals surface area contributed by atoms with Gasteiger partial charge in [-0.25, -0.2) is 0 Å². The quantitative estimate of drug-likeness (QED) is 0.631. The van der Waals surface area contributed by atoms with Gasteiger partial charge in [-0.2, -0.15) is 0 Å². The number of rotatable bonds is 3. The van der Waals surface area contributed by atoms with Gasteiger partial charge in [-0.15, -0.1) is 0 Å². The lowest BCUT2D eigenvalue weighted by Gasteiger charge is -2.21. The molecule has 4 heteroatoms. The topological polar surface area (TPSA) is 78.3 Å². The summed E-state index contributed by atoms with van der Waals surface area (Å²) in [5, 5.41) is 0. The minimum atomic E-state index is -0.674. The molecule has 18 heavy (non-hydrogen) atoms. The first kappa shape index (κ1) is 14.5. The highest BCUT2D eigenvalue weighted by atomic mass is 16.5. The van der Waals surface area contributed by atoms with Gasteiger partial charge in [-0.3, -0.25) is 4.79 Å². The van der Waals surface area contributed by atoms with Crippen LogP contribution in [-0.4, -0.2) is 19.1 Å². The Labute approximate surface area is 108 Å². The standard InChI is InChI=1S/C14H22N2O2/c1-14(2,3)10-5-6-11(15)9(7-10)8-12(16)13(17)18-4/h5-7,12H,8,15-16H2,1-4H3/t12-/m1/s1. The van der Waals surface area contributed by atoms with Crippen molar-refractivity contribution < 1.29 is 9.53 Å². The summed E-state index contributed by atoms with van der Waals surface area (Å²) in [6.07, 6.45) is 0.391. The Hall–Kier alpha value is -1.55. The largest absolute Gasteiger partial charge is 0.468 e. The Morgan fingerprint density at radius 2 is 2.00 bits per heavy atom. The van der Waals surface area contributed by atoms with Crippen LogP contribution in [0.5, 0.6) is 0 Å². The van der Waals surface area contributed by atoms with Gasteiger partial charge in [0.05, 0.1) is 7.11 Å². The molecule has 0 saturated carbocycles. The van der Waals surface area contributed by atoms with Gasteiger partial charge in [-0.05, 0) is 22.6 Å². The van der Waals surface area contributed by atoms with Gasteiger partial charge in [0.1, 0.15) is 6.04 Å². The van der Waals surface area contributed by atoms with Crippen molar-refractivity contribution in [3.8, 4) is 0 Å². The summed E-state index contributed by atoms with van der Waals surface area (Å²) >= 11 is 0. The van der Waals surface area contributed by atoms with Crippen LogP contribution in [0.3, 0.4) is 0 Å². The molecule has 0 heterocycles. The Morgan fingerprint density at radius 3 is 2.50 bits per heavy atom. The highest BCUT2D eigenvalue weighted by Gasteiger charge is 2.19. The van der Waals surface area contributed by atoms with Crippen molar-refractivity contribution in [3.63, 3.8) is 0 Å². The van der Waals surface area contributed by atoms with E-state index in [1.807, 2.05) is 18.2 Å². The maximum Gasteiger partial charge on any atom is 0.322 e. The predicted octanol–water partition coefficient (Wildman–Crippen LogP) is 1.61. The highest BCUT2D eigenvalue weighted by molar-refractivity contribution is 5.76. The fourth-order valence-electron chi connectivity index (χ4n) is 1.72. The van der Waals surface area contributed by atoms with Crippen molar-refractivity contribution in [1.29, 1.82) is 0 Å². The van der Waals surface area contributed by atoms with Crippen molar-refractivity contribution in [2.24, 2.45) is 5.73 Å². The van der Waals surface area contributed by atoms with Crippen LogP contribution in [0.25, 0.3) is 0 Å². The third kappa shape index (κ3) is 3.47. The van der Waals surface area contributed by atoms with E-state index in [0.717, 1.165) is 5.56 Å². The smallest absolute Gasteiger partial charge is 0.322 e. The van der Waals surface area contributed by atoms with Gasteiger partial charge in [0.15, 0.2) is 0 Å². The molecular weight excluding hydrogens is 228 g/mol. The number of hydrogen-bond donors (Lipinski definition) is 2. The number of hydrogen-bond acceptors (Lipinski definition) is 4. The monoisotopic (exact) mass is 250 g/mol. The number of ether oxygens (including phenoxy) is 1. The van der Waals surface area contributed by atoms with Gasteiger partial charge in [0.2, 0.25) is 0 Å².